The van der Waals surface area contributed by atoms with Gasteiger partial charge in [-0.05, 0) is 59.7 Å². The minimum atomic E-state index is -0.322. The van der Waals surface area contributed by atoms with Crippen molar-refractivity contribution in [3.63, 3.8) is 0 Å². The van der Waals surface area contributed by atoms with Gasteiger partial charge in [-0.3, -0.25) is 14.6 Å². The summed E-state index contributed by atoms with van der Waals surface area (Å²) in [5.74, 6) is -0.551. The number of hydrogen-bond donors (Lipinski definition) is 1. The average Bonchev–Trinajstić information content (AvgIpc) is 2.90. The molecule has 0 spiro atoms. The van der Waals surface area contributed by atoms with E-state index < -0.39 is 0 Å². The number of hydrogen-bond acceptors (Lipinski definition) is 3. The summed E-state index contributed by atoms with van der Waals surface area (Å²) in [6.07, 6.45) is 2.65. The van der Waals surface area contributed by atoms with E-state index in [-0.39, 0.29) is 24.1 Å². The molecule has 0 atom stereocenters. The summed E-state index contributed by atoms with van der Waals surface area (Å²) in [4.78, 5) is 31.6. The summed E-state index contributed by atoms with van der Waals surface area (Å²) in [5, 5.41) is 2.92. The van der Waals surface area contributed by atoms with Gasteiger partial charge >= 0.3 is 0 Å². The van der Waals surface area contributed by atoms with Gasteiger partial charge in [0, 0.05) is 36.1 Å². The highest BCUT2D eigenvalue weighted by Crippen LogP contribution is 2.22. The van der Waals surface area contributed by atoms with Gasteiger partial charge in [0.15, 0.2) is 0 Å². The lowest BCUT2D eigenvalue weighted by Gasteiger charge is -2.23. The van der Waals surface area contributed by atoms with Crippen molar-refractivity contribution < 1.29 is 14.0 Å². The Bertz CT molecular complexity index is 1240. The molecule has 4 aromatic rings. The zero-order valence-electron chi connectivity index (χ0n) is 19.2. The van der Waals surface area contributed by atoms with Gasteiger partial charge in [-0.15, -0.1) is 0 Å². The van der Waals surface area contributed by atoms with E-state index in [2.05, 4.69) is 10.3 Å². The molecule has 0 radical (unpaired) electrons. The minimum absolute atomic E-state index is 0.0720. The summed E-state index contributed by atoms with van der Waals surface area (Å²) in [6.45, 7) is 0.812. The van der Waals surface area contributed by atoms with Crippen molar-refractivity contribution in [1.29, 1.82) is 0 Å². The van der Waals surface area contributed by atoms with Gasteiger partial charge in [-0.2, -0.15) is 0 Å². The monoisotopic (exact) mass is 467 g/mol. The molecule has 4 rings (SSSR count). The summed E-state index contributed by atoms with van der Waals surface area (Å²) in [6, 6.07) is 28.2. The Kier molecular flexibility index (Phi) is 7.96. The molecule has 0 aliphatic carbocycles. The Labute approximate surface area is 204 Å². The van der Waals surface area contributed by atoms with E-state index in [0.29, 0.717) is 30.8 Å². The number of benzene rings is 3. The molecule has 0 aliphatic rings. The molecule has 3 aromatic carbocycles. The zero-order valence-corrected chi connectivity index (χ0v) is 19.2. The first-order valence-corrected chi connectivity index (χ1v) is 11.5. The first-order valence-electron chi connectivity index (χ1n) is 11.5. The third kappa shape index (κ3) is 6.84. The lowest BCUT2D eigenvalue weighted by Crippen LogP contribution is -2.30. The highest BCUT2D eigenvalue weighted by Gasteiger charge is 2.18. The largest absolute Gasteiger partial charge is 0.355 e. The number of amides is 2. The summed E-state index contributed by atoms with van der Waals surface area (Å²) >= 11 is 0. The van der Waals surface area contributed by atoms with Crippen LogP contribution in [0.1, 0.15) is 27.2 Å². The molecular weight excluding hydrogens is 441 g/mol. The van der Waals surface area contributed by atoms with Crippen molar-refractivity contribution in [3.8, 4) is 0 Å². The summed E-state index contributed by atoms with van der Waals surface area (Å²) in [5.41, 5.74) is 3.85. The molecule has 0 saturated heterocycles. The lowest BCUT2D eigenvalue weighted by atomic mass is 10.1. The molecule has 0 bridgehead atoms. The van der Waals surface area contributed by atoms with Gasteiger partial charge in [-0.25, -0.2) is 4.39 Å². The molecule has 0 aliphatic heterocycles. The van der Waals surface area contributed by atoms with Gasteiger partial charge in [0.05, 0.1) is 13.0 Å². The number of nitrogens with zero attached hydrogens (tertiary/aromatic N) is 2. The Balaban J connectivity index is 1.43. The van der Waals surface area contributed by atoms with Crippen molar-refractivity contribution in [3.05, 3.63) is 131 Å². The van der Waals surface area contributed by atoms with Crippen molar-refractivity contribution >= 4 is 17.5 Å². The number of carbonyl (C=O) groups is 2. The Morgan fingerprint density at radius 2 is 1.49 bits per heavy atom. The highest BCUT2D eigenvalue weighted by molar-refractivity contribution is 6.06. The van der Waals surface area contributed by atoms with Gasteiger partial charge in [0.25, 0.3) is 5.91 Å². The molecule has 1 N–H and O–H groups in total. The van der Waals surface area contributed by atoms with Gasteiger partial charge in [0.2, 0.25) is 5.91 Å². The maximum atomic E-state index is 13.4. The van der Waals surface area contributed by atoms with Gasteiger partial charge < -0.3 is 10.2 Å². The second kappa shape index (κ2) is 11.7. The fraction of sp³-hybridized carbons (Fsp3) is 0.138. The highest BCUT2D eigenvalue weighted by atomic mass is 19.1. The first kappa shape index (κ1) is 23.8. The van der Waals surface area contributed by atoms with Crippen molar-refractivity contribution in [1.82, 2.24) is 10.3 Å². The molecule has 0 fully saturated rings. The SMILES string of the molecule is O=C(Cc1ccc(N(Cc2ccc(F)cc2)C(=O)c2ccccc2)cc1)NCCc1ccccn1. The van der Waals surface area contributed by atoms with Crippen LogP contribution in [0, 0.1) is 5.82 Å². The van der Waals surface area contributed by atoms with Gasteiger partial charge in [0.1, 0.15) is 5.82 Å². The number of aromatic nitrogens is 1. The van der Waals surface area contributed by atoms with E-state index >= 15 is 0 Å². The van der Waals surface area contributed by atoms with Crippen LogP contribution in [0.3, 0.4) is 0 Å². The van der Waals surface area contributed by atoms with Crippen LogP contribution in [-0.2, 0) is 24.2 Å². The first-order chi connectivity index (χ1) is 17.1. The molecule has 1 heterocycles. The smallest absolute Gasteiger partial charge is 0.258 e. The van der Waals surface area contributed by atoms with Gasteiger partial charge in [-0.1, -0.05) is 48.5 Å². The third-order valence-corrected chi connectivity index (χ3v) is 5.56. The van der Waals surface area contributed by atoms with Crippen LogP contribution < -0.4 is 10.2 Å². The zero-order chi connectivity index (χ0) is 24.5. The molecule has 35 heavy (non-hydrogen) atoms. The van der Waals surface area contributed by atoms with Crippen LogP contribution in [0.4, 0.5) is 10.1 Å². The van der Waals surface area contributed by atoms with Crippen molar-refractivity contribution in [2.75, 3.05) is 11.4 Å². The fourth-order valence-electron chi connectivity index (χ4n) is 3.71. The second-order valence-electron chi connectivity index (χ2n) is 8.15. The predicted octanol–water partition coefficient (Wildman–Crippen LogP) is 4.97. The van der Waals surface area contributed by atoms with E-state index in [1.165, 1.54) is 12.1 Å². The fourth-order valence-corrected chi connectivity index (χ4v) is 3.71. The van der Waals surface area contributed by atoms with Crippen molar-refractivity contribution in [2.45, 2.75) is 19.4 Å². The molecular formula is C29H26FN3O2. The maximum absolute atomic E-state index is 13.4. The average molecular weight is 468 g/mol. The van der Waals surface area contributed by atoms with E-state index in [4.69, 9.17) is 0 Å². The van der Waals surface area contributed by atoms with E-state index in [1.54, 1.807) is 35.4 Å². The van der Waals surface area contributed by atoms with Crippen LogP contribution in [0.2, 0.25) is 0 Å². The predicted molar refractivity (Wildman–Crippen MR) is 134 cm³/mol. The summed E-state index contributed by atoms with van der Waals surface area (Å²) < 4.78 is 13.4. The Hall–Kier alpha value is -4.32. The van der Waals surface area contributed by atoms with Crippen molar-refractivity contribution in [2.24, 2.45) is 0 Å². The normalized spacial score (nSPS) is 10.5. The molecule has 0 saturated carbocycles. The second-order valence-corrected chi connectivity index (χ2v) is 8.15. The van der Waals surface area contributed by atoms with Crippen LogP contribution in [-0.4, -0.2) is 23.3 Å². The third-order valence-electron chi connectivity index (χ3n) is 5.56. The molecule has 6 heteroatoms. The number of halogens is 1. The number of anilines is 1. The number of carbonyl (C=O) groups excluding carboxylic acids is 2. The lowest BCUT2D eigenvalue weighted by molar-refractivity contribution is -0.120. The molecule has 5 nitrogen and oxygen atoms in total. The minimum Gasteiger partial charge on any atom is -0.355 e. The number of nitrogens with one attached hydrogen (secondary N) is 1. The van der Waals surface area contributed by atoms with E-state index in [1.807, 2.05) is 60.7 Å². The van der Waals surface area contributed by atoms with E-state index in [0.717, 1.165) is 16.8 Å². The molecule has 176 valence electrons. The summed E-state index contributed by atoms with van der Waals surface area (Å²) in [7, 11) is 0. The van der Waals surface area contributed by atoms with E-state index in [9.17, 15) is 14.0 Å². The number of rotatable bonds is 9. The van der Waals surface area contributed by atoms with Crippen LogP contribution in [0.25, 0.3) is 0 Å². The molecule has 1 aromatic heterocycles. The van der Waals surface area contributed by atoms with Crippen LogP contribution >= 0.6 is 0 Å². The Morgan fingerprint density at radius 3 is 2.17 bits per heavy atom. The maximum Gasteiger partial charge on any atom is 0.258 e. The molecule has 2 amide bonds. The molecule has 0 unspecified atom stereocenters. The number of pyridine rings is 1. The topological polar surface area (TPSA) is 62.3 Å². The quantitative estimate of drug-likeness (QED) is 0.378. The van der Waals surface area contributed by atoms with Crippen LogP contribution in [0.5, 0.6) is 0 Å². The Morgan fingerprint density at radius 1 is 0.800 bits per heavy atom. The standard InChI is InChI=1S/C29H26FN3O2/c30-25-13-9-23(10-14-25)21-33(29(35)24-6-2-1-3-7-24)27-15-11-22(12-16-27)20-28(34)32-19-17-26-8-4-5-18-31-26/h1-16,18H,17,19-21H2,(H,32,34). The van der Waals surface area contributed by atoms with Crippen LogP contribution in [0.15, 0.2) is 103 Å².